The molecule has 86 valence electrons. The van der Waals surface area contributed by atoms with Crippen molar-refractivity contribution in [1.82, 2.24) is 4.98 Å². The summed E-state index contributed by atoms with van der Waals surface area (Å²) in [6.07, 6.45) is -3.07. The van der Waals surface area contributed by atoms with Crippen molar-refractivity contribution in [3.63, 3.8) is 0 Å². The van der Waals surface area contributed by atoms with E-state index in [4.69, 9.17) is 15.9 Å². The number of halogens is 4. The van der Waals surface area contributed by atoms with Crippen molar-refractivity contribution in [2.75, 3.05) is 0 Å². The molecule has 0 unspecified atom stereocenters. The molecule has 0 bridgehead atoms. The molecule has 0 aromatic carbocycles. The molecular formula is C7H2ClF2IN2O2S. The first-order valence-corrected chi connectivity index (χ1v) is 6.99. The highest BCUT2D eigenvalue weighted by Gasteiger charge is 2.25. The Kier molecular flexibility index (Phi) is 4.03. The Morgan fingerprint density at radius 1 is 1.56 bits per heavy atom. The quantitative estimate of drug-likeness (QED) is 0.450. The molecule has 1 aromatic heterocycles. The first kappa shape index (κ1) is 13.5. The van der Waals surface area contributed by atoms with Crippen molar-refractivity contribution in [2.45, 2.75) is 11.5 Å². The molecule has 0 saturated carbocycles. The standard InChI is InChI=1S/C7H2ClF2IN2O2S/c8-16(14,15)7-4(5(9)10)1-3(2-12)6(11)13-7/h1,5H. The molecule has 0 fully saturated rings. The van der Waals surface area contributed by atoms with E-state index in [2.05, 4.69) is 4.98 Å². The number of hydrogen-bond acceptors (Lipinski definition) is 4. The zero-order valence-corrected chi connectivity index (χ0v) is 11.0. The number of rotatable bonds is 2. The molecule has 0 aliphatic carbocycles. The second-order valence-electron chi connectivity index (χ2n) is 2.57. The van der Waals surface area contributed by atoms with Crippen molar-refractivity contribution < 1.29 is 17.2 Å². The molecule has 0 aliphatic rings. The highest BCUT2D eigenvalue weighted by atomic mass is 127. The summed E-state index contributed by atoms with van der Waals surface area (Å²) in [5.74, 6) is 0. The Balaban J connectivity index is 3.63. The van der Waals surface area contributed by atoms with Gasteiger partial charge in [0.1, 0.15) is 9.77 Å². The van der Waals surface area contributed by atoms with E-state index in [1.807, 2.05) is 0 Å². The lowest BCUT2D eigenvalue weighted by atomic mass is 10.2. The molecule has 0 atom stereocenters. The fraction of sp³-hybridized carbons (Fsp3) is 0.143. The van der Waals surface area contributed by atoms with Gasteiger partial charge < -0.3 is 0 Å². The molecule has 0 radical (unpaired) electrons. The number of aromatic nitrogens is 1. The molecule has 4 nitrogen and oxygen atoms in total. The van der Waals surface area contributed by atoms with Gasteiger partial charge in [0.25, 0.3) is 15.5 Å². The van der Waals surface area contributed by atoms with Crippen LogP contribution in [0, 0.1) is 15.0 Å². The minimum absolute atomic E-state index is 0.00345. The molecule has 0 aliphatic heterocycles. The van der Waals surface area contributed by atoms with Crippen LogP contribution >= 0.6 is 33.3 Å². The fourth-order valence-corrected chi connectivity index (χ4v) is 2.60. The van der Waals surface area contributed by atoms with Gasteiger partial charge in [-0.3, -0.25) is 0 Å². The molecule has 9 heteroatoms. The SMILES string of the molecule is N#Cc1cc(C(F)F)c(S(=O)(=O)Cl)nc1I. The van der Waals surface area contributed by atoms with Crippen LogP contribution in [0.15, 0.2) is 11.1 Å². The Hall–Kier alpha value is -0.530. The average Bonchev–Trinajstić information content (AvgIpc) is 2.15. The summed E-state index contributed by atoms with van der Waals surface area (Å²) in [7, 11) is 0.606. The summed E-state index contributed by atoms with van der Waals surface area (Å²) in [6.45, 7) is 0. The number of nitriles is 1. The van der Waals surface area contributed by atoms with Crippen LogP contribution in [0.5, 0.6) is 0 Å². The highest BCUT2D eigenvalue weighted by molar-refractivity contribution is 14.1. The maximum Gasteiger partial charge on any atom is 0.279 e. The normalized spacial score (nSPS) is 11.5. The van der Waals surface area contributed by atoms with Crippen molar-refractivity contribution in [2.24, 2.45) is 0 Å². The van der Waals surface area contributed by atoms with Crippen LogP contribution in [0.2, 0.25) is 0 Å². The third-order valence-corrected chi connectivity index (χ3v) is 3.60. The van der Waals surface area contributed by atoms with Crippen LogP contribution in [0.4, 0.5) is 8.78 Å². The molecule has 0 amide bonds. The topological polar surface area (TPSA) is 70.8 Å². The van der Waals surface area contributed by atoms with E-state index in [1.54, 1.807) is 28.7 Å². The number of hydrogen-bond donors (Lipinski definition) is 0. The first-order valence-electron chi connectivity index (χ1n) is 3.60. The largest absolute Gasteiger partial charge is 0.279 e. The molecule has 0 spiro atoms. The fourth-order valence-electron chi connectivity index (χ4n) is 0.921. The monoisotopic (exact) mass is 378 g/mol. The van der Waals surface area contributed by atoms with Crippen LogP contribution < -0.4 is 0 Å². The minimum atomic E-state index is -4.36. The van der Waals surface area contributed by atoms with Crippen molar-refractivity contribution >= 4 is 42.3 Å². The van der Waals surface area contributed by atoms with Gasteiger partial charge in [-0.1, -0.05) is 0 Å². The van der Waals surface area contributed by atoms with Crippen molar-refractivity contribution in [3.8, 4) is 6.07 Å². The molecule has 0 N–H and O–H groups in total. The van der Waals surface area contributed by atoms with Gasteiger partial charge >= 0.3 is 0 Å². The lowest BCUT2D eigenvalue weighted by molar-refractivity contribution is 0.147. The smallest absolute Gasteiger partial charge is 0.227 e. The summed E-state index contributed by atoms with van der Waals surface area (Å²) in [6, 6.07) is 2.40. The van der Waals surface area contributed by atoms with E-state index in [9.17, 15) is 17.2 Å². The van der Waals surface area contributed by atoms with Gasteiger partial charge in [-0.2, -0.15) is 5.26 Å². The van der Waals surface area contributed by atoms with Gasteiger partial charge in [0.15, 0.2) is 5.03 Å². The van der Waals surface area contributed by atoms with Gasteiger partial charge in [-0.15, -0.1) is 0 Å². The number of pyridine rings is 1. The first-order chi connectivity index (χ1) is 7.27. The second kappa shape index (κ2) is 4.77. The van der Waals surface area contributed by atoms with E-state index >= 15 is 0 Å². The third kappa shape index (κ3) is 2.78. The predicted octanol–water partition coefficient (Wildman–Crippen LogP) is 2.42. The highest BCUT2D eigenvalue weighted by Crippen LogP contribution is 2.29. The molecule has 0 saturated heterocycles. The minimum Gasteiger partial charge on any atom is -0.227 e. The summed E-state index contributed by atoms with van der Waals surface area (Å²) in [5.41, 5.74) is -0.994. The van der Waals surface area contributed by atoms with Crippen LogP contribution in [0.1, 0.15) is 17.6 Å². The Bertz CT molecular complexity index is 570. The van der Waals surface area contributed by atoms with E-state index < -0.39 is 26.1 Å². The Labute approximate surface area is 108 Å². The van der Waals surface area contributed by atoms with Gasteiger partial charge in [-0.05, 0) is 28.7 Å². The van der Waals surface area contributed by atoms with Crippen molar-refractivity contribution in [1.29, 1.82) is 5.26 Å². The van der Waals surface area contributed by atoms with E-state index in [-0.39, 0.29) is 9.26 Å². The summed E-state index contributed by atoms with van der Waals surface area (Å²) in [5, 5.41) is 7.69. The Morgan fingerprint density at radius 3 is 2.50 bits per heavy atom. The molecular weight excluding hydrogens is 377 g/mol. The lowest BCUT2D eigenvalue weighted by Crippen LogP contribution is -2.05. The van der Waals surface area contributed by atoms with Gasteiger partial charge in [0.05, 0.1) is 11.1 Å². The van der Waals surface area contributed by atoms with Crippen LogP contribution in [-0.4, -0.2) is 13.4 Å². The van der Waals surface area contributed by atoms with Gasteiger partial charge in [0.2, 0.25) is 0 Å². The summed E-state index contributed by atoms with van der Waals surface area (Å²) in [4.78, 5) is 3.40. The van der Waals surface area contributed by atoms with E-state index in [0.29, 0.717) is 0 Å². The summed E-state index contributed by atoms with van der Waals surface area (Å²) >= 11 is 1.56. The van der Waals surface area contributed by atoms with Crippen LogP contribution in [0.3, 0.4) is 0 Å². The predicted molar refractivity (Wildman–Crippen MR) is 59.7 cm³/mol. The van der Waals surface area contributed by atoms with Crippen LogP contribution in [0.25, 0.3) is 0 Å². The zero-order chi connectivity index (χ0) is 12.5. The van der Waals surface area contributed by atoms with Crippen LogP contribution in [-0.2, 0) is 9.05 Å². The molecule has 1 aromatic rings. The third-order valence-electron chi connectivity index (χ3n) is 1.56. The van der Waals surface area contributed by atoms with Gasteiger partial charge in [-0.25, -0.2) is 22.2 Å². The van der Waals surface area contributed by atoms with E-state index in [0.717, 1.165) is 6.07 Å². The average molecular weight is 379 g/mol. The number of alkyl halides is 2. The van der Waals surface area contributed by atoms with E-state index in [1.165, 1.54) is 0 Å². The Morgan fingerprint density at radius 2 is 2.12 bits per heavy atom. The maximum atomic E-state index is 12.5. The molecule has 16 heavy (non-hydrogen) atoms. The van der Waals surface area contributed by atoms with Crippen molar-refractivity contribution in [3.05, 3.63) is 20.9 Å². The lowest BCUT2D eigenvalue weighted by Gasteiger charge is -2.06. The number of nitrogens with zero attached hydrogens (tertiary/aromatic N) is 2. The molecule has 1 rings (SSSR count). The maximum absolute atomic E-state index is 12.5. The molecule has 1 heterocycles. The zero-order valence-electron chi connectivity index (χ0n) is 7.29. The second-order valence-corrected chi connectivity index (χ2v) is 6.07. The van der Waals surface area contributed by atoms with Gasteiger partial charge in [0, 0.05) is 10.7 Å². The summed E-state index contributed by atoms with van der Waals surface area (Å²) < 4.78 is 47.1.